The van der Waals surface area contributed by atoms with Gasteiger partial charge in [0.15, 0.2) is 11.5 Å². The van der Waals surface area contributed by atoms with E-state index in [1.807, 2.05) is 0 Å². The number of ether oxygens (including phenoxy) is 1. The van der Waals surface area contributed by atoms with E-state index in [4.69, 9.17) is 14.7 Å². The number of hydrogen-bond donors (Lipinski definition) is 1. The molecule has 2 aliphatic rings. The number of benzene rings is 2. The lowest BCUT2D eigenvalue weighted by atomic mass is 9.71. The molecule has 0 bridgehead atoms. The first-order chi connectivity index (χ1) is 20.7. The van der Waals surface area contributed by atoms with Gasteiger partial charge in [0, 0.05) is 48.0 Å². The Morgan fingerprint density at radius 3 is 2.50 bits per heavy atom. The van der Waals surface area contributed by atoms with E-state index < -0.39 is 0 Å². The molecule has 1 saturated carbocycles. The second-order valence-electron chi connectivity index (χ2n) is 11.3. The summed E-state index contributed by atoms with van der Waals surface area (Å²) in [6, 6.07) is 21.7. The van der Waals surface area contributed by atoms with Crippen LogP contribution in [0, 0.1) is 0 Å². The van der Waals surface area contributed by atoms with Gasteiger partial charge in [0.05, 0.1) is 25.1 Å². The molecule has 1 saturated heterocycles. The van der Waals surface area contributed by atoms with Crippen molar-refractivity contribution in [2.45, 2.75) is 44.6 Å². The third kappa shape index (κ3) is 5.05. The lowest BCUT2D eigenvalue weighted by Gasteiger charge is -2.43. The van der Waals surface area contributed by atoms with Crippen LogP contribution in [0.2, 0.25) is 0 Å². The fourth-order valence-corrected chi connectivity index (χ4v) is 6.16. The molecule has 8 heteroatoms. The molecule has 0 radical (unpaired) electrons. The van der Waals surface area contributed by atoms with Crippen LogP contribution in [0.25, 0.3) is 39.6 Å². The standard InChI is InChI=1S/C34H37N7O/c1-2-3-16-37-34(14-5-15-34)26-8-10-27(11-9-26)41-32-30(39-33(41)31-24-35-17-18-36-31)13-12-29(38-32)25-6-4-7-28(23-25)40-19-21-42-22-20-40/h4,6-13,17-18,23-24,37H,2-3,5,14-16,19-22H2,1H3. The highest BCUT2D eigenvalue weighted by Gasteiger charge is 2.37. The number of unbranched alkanes of at least 4 members (excludes halogenated alkanes) is 1. The van der Waals surface area contributed by atoms with E-state index in [1.165, 1.54) is 43.4 Å². The van der Waals surface area contributed by atoms with Gasteiger partial charge in [0.1, 0.15) is 11.2 Å². The molecular weight excluding hydrogens is 522 g/mol. The summed E-state index contributed by atoms with van der Waals surface area (Å²) in [6.45, 7) is 6.61. The van der Waals surface area contributed by atoms with Crippen molar-refractivity contribution in [2.75, 3.05) is 37.7 Å². The normalized spacial score (nSPS) is 16.5. The van der Waals surface area contributed by atoms with E-state index in [2.05, 4.69) is 92.3 Å². The molecule has 4 heterocycles. The van der Waals surface area contributed by atoms with Crippen LogP contribution in [-0.4, -0.2) is 57.4 Å². The molecule has 214 valence electrons. The second kappa shape index (κ2) is 11.6. The zero-order valence-electron chi connectivity index (χ0n) is 24.2. The average Bonchev–Trinajstić information content (AvgIpc) is 3.42. The van der Waals surface area contributed by atoms with E-state index in [0.29, 0.717) is 5.69 Å². The highest BCUT2D eigenvalue weighted by atomic mass is 16.5. The summed E-state index contributed by atoms with van der Waals surface area (Å²) < 4.78 is 7.68. The van der Waals surface area contributed by atoms with Gasteiger partial charge in [0.25, 0.3) is 0 Å². The topological polar surface area (TPSA) is 81.0 Å². The first-order valence-corrected chi connectivity index (χ1v) is 15.2. The summed E-state index contributed by atoms with van der Waals surface area (Å²) in [4.78, 5) is 21.5. The molecule has 1 N–H and O–H groups in total. The van der Waals surface area contributed by atoms with Crippen molar-refractivity contribution >= 4 is 16.9 Å². The molecule has 8 nitrogen and oxygen atoms in total. The van der Waals surface area contributed by atoms with Crippen molar-refractivity contribution in [1.29, 1.82) is 0 Å². The van der Waals surface area contributed by atoms with Crippen LogP contribution in [0.5, 0.6) is 0 Å². The van der Waals surface area contributed by atoms with Crippen LogP contribution in [0.15, 0.2) is 79.3 Å². The SMILES string of the molecule is CCCCNC1(c2ccc(-n3c(-c4cnccn4)nc4ccc(-c5cccc(N6CCOCC6)c5)nc43)cc2)CCC1. The zero-order chi connectivity index (χ0) is 28.4. The van der Waals surface area contributed by atoms with E-state index in [0.717, 1.165) is 66.8 Å². The predicted molar refractivity (Wildman–Crippen MR) is 167 cm³/mol. The van der Waals surface area contributed by atoms with Crippen molar-refractivity contribution in [2.24, 2.45) is 0 Å². The molecule has 1 aliphatic carbocycles. The minimum Gasteiger partial charge on any atom is -0.378 e. The number of hydrogen-bond acceptors (Lipinski definition) is 7. The third-order valence-corrected chi connectivity index (χ3v) is 8.69. The first-order valence-electron chi connectivity index (χ1n) is 15.2. The Hall–Kier alpha value is -4.14. The number of nitrogens with one attached hydrogen (secondary N) is 1. The number of morpholine rings is 1. The summed E-state index contributed by atoms with van der Waals surface area (Å²) in [5.41, 5.74) is 7.98. The molecule has 3 aromatic heterocycles. The highest BCUT2D eigenvalue weighted by molar-refractivity contribution is 5.82. The number of fused-ring (bicyclic) bond motifs is 1. The molecule has 0 spiro atoms. The van der Waals surface area contributed by atoms with Crippen molar-refractivity contribution in [3.8, 4) is 28.5 Å². The lowest BCUT2D eigenvalue weighted by molar-refractivity contribution is 0.122. The Kier molecular flexibility index (Phi) is 7.40. The van der Waals surface area contributed by atoms with Crippen LogP contribution in [0.1, 0.15) is 44.6 Å². The fourth-order valence-electron chi connectivity index (χ4n) is 6.16. The van der Waals surface area contributed by atoms with Gasteiger partial charge in [-0.25, -0.2) is 15.0 Å². The number of pyridine rings is 1. The minimum absolute atomic E-state index is 0.0926. The second-order valence-corrected chi connectivity index (χ2v) is 11.3. The first kappa shape index (κ1) is 26.7. The summed E-state index contributed by atoms with van der Waals surface area (Å²) in [5.74, 6) is 0.733. The molecule has 2 aromatic carbocycles. The Morgan fingerprint density at radius 2 is 1.76 bits per heavy atom. The van der Waals surface area contributed by atoms with Crippen molar-refractivity contribution < 1.29 is 4.74 Å². The molecule has 2 fully saturated rings. The predicted octanol–water partition coefficient (Wildman–Crippen LogP) is 6.15. The van der Waals surface area contributed by atoms with Gasteiger partial charge in [-0.05, 0) is 74.2 Å². The number of rotatable bonds is 9. The molecule has 42 heavy (non-hydrogen) atoms. The van der Waals surface area contributed by atoms with E-state index >= 15 is 0 Å². The van der Waals surface area contributed by atoms with Crippen LogP contribution >= 0.6 is 0 Å². The number of nitrogens with zero attached hydrogens (tertiary/aromatic N) is 6. The van der Waals surface area contributed by atoms with Gasteiger partial charge in [-0.3, -0.25) is 9.55 Å². The average molecular weight is 560 g/mol. The lowest BCUT2D eigenvalue weighted by Crippen LogP contribution is -2.48. The van der Waals surface area contributed by atoms with Crippen molar-refractivity contribution in [3.63, 3.8) is 0 Å². The van der Waals surface area contributed by atoms with E-state index in [1.54, 1.807) is 18.6 Å². The van der Waals surface area contributed by atoms with Crippen LogP contribution in [-0.2, 0) is 10.3 Å². The van der Waals surface area contributed by atoms with Gasteiger partial charge in [-0.15, -0.1) is 0 Å². The summed E-state index contributed by atoms with van der Waals surface area (Å²) >= 11 is 0. The molecule has 1 aliphatic heterocycles. The molecule has 0 unspecified atom stereocenters. The third-order valence-electron chi connectivity index (χ3n) is 8.69. The molecule has 0 amide bonds. The summed E-state index contributed by atoms with van der Waals surface area (Å²) in [7, 11) is 0. The Morgan fingerprint density at radius 1 is 0.905 bits per heavy atom. The fraction of sp³-hybridized carbons (Fsp3) is 0.353. The quantitative estimate of drug-likeness (QED) is 0.217. The van der Waals surface area contributed by atoms with Crippen LogP contribution in [0.3, 0.4) is 0 Å². The van der Waals surface area contributed by atoms with E-state index in [9.17, 15) is 0 Å². The largest absolute Gasteiger partial charge is 0.378 e. The molecular formula is C34H37N7O. The van der Waals surface area contributed by atoms with E-state index in [-0.39, 0.29) is 5.54 Å². The molecule has 7 rings (SSSR count). The summed E-state index contributed by atoms with van der Waals surface area (Å²) in [6.07, 6.45) is 11.2. The van der Waals surface area contributed by atoms with Gasteiger partial charge >= 0.3 is 0 Å². The number of aromatic nitrogens is 5. The Balaban J connectivity index is 1.29. The molecule has 0 atom stereocenters. The van der Waals surface area contributed by atoms with Crippen molar-refractivity contribution in [1.82, 2.24) is 29.8 Å². The maximum Gasteiger partial charge on any atom is 0.167 e. The minimum atomic E-state index is 0.0926. The zero-order valence-corrected chi connectivity index (χ0v) is 24.2. The number of imidazole rings is 1. The molecule has 5 aromatic rings. The Labute approximate surface area is 246 Å². The van der Waals surface area contributed by atoms with Gasteiger partial charge in [0.2, 0.25) is 0 Å². The van der Waals surface area contributed by atoms with Gasteiger partial charge in [-0.1, -0.05) is 37.6 Å². The summed E-state index contributed by atoms with van der Waals surface area (Å²) in [5, 5.41) is 3.86. The van der Waals surface area contributed by atoms with Crippen LogP contribution in [0.4, 0.5) is 5.69 Å². The van der Waals surface area contributed by atoms with Crippen molar-refractivity contribution in [3.05, 3.63) is 84.8 Å². The smallest absolute Gasteiger partial charge is 0.167 e. The maximum atomic E-state index is 5.56. The number of anilines is 1. The maximum absolute atomic E-state index is 5.56. The highest BCUT2D eigenvalue weighted by Crippen LogP contribution is 2.42. The van der Waals surface area contributed by atoms with Gasteiger partial charge < -0.3 is 15.0 Å². The monoisotopic (exact) mass is 559 g/mol. The Bertz CT molecular complexity index is 1660. The van der Waals surface area contributed by atoms with Gasteiger partial charge in [-0.2, -0.15) is 0 Å². The van der Waals surface area contributed by atoms with Crippen LogP contribution < -0.4 is 10.2 Å².